The summed E-state index contributed by atoms with van der Waals surface area (Å²) in [6, 6.07) is 0. The molecule has 1 aliphatic rings. The lowest BCUT2D eigenvalue weighted by Crippen LogP contribution is -1.96. The molecule has 1 N–H and O–H groups in total. The third-order valence-electron chi connectivity index (χ3n) is 1.88. The quantitative estimate of drug-likeness (QED) is 0.508. The van der Waals surface area contributed by atoms with Crippen LogP contribution in [0.25, 0.3) is 0 Å². The number of hydrogen-bond donors (Lipinski definition) is 1. The molecule has 1 rings (SSSR count). The fourth-order valence-electron chi connectivity index (χ4n) is 1.05. The van der Waals surface area contributed by atoms with Crippen molar-refractivity contribution < 1.29 is 5.11 Å². The zero-order valence-corrected chi connectivity index (χ0v) is 5.39. The van der Waals surface area contributed by atoms with E-state index in [1.165, 1.54) is 0 Å². The number of hydrogen-bond acceptors (Lipinski definition) is 1. The predicted molar refractivity (Wildman–Crippen MR) is 33.7 cm³/mol. The molecule has 0 spiro atoms. The highest BCUT2D eigenvalue weighted by Gasteiger charge is 2.18. The molecule has 1 heteroatoms. The third kappa shape index (κ3) is 0.857. The van der Waals surface area contributed by atoms with Gasteiger partial charge in [-0.15, -0.1) is 0 Å². The van der Waals surface area contributed by atoms with E-state index in [0.717, 1.165) is 6.42 Å². The van der Waals surface area contributed by atoms with E-state index in [2.05, 4.69) is 13.8 Å². The van der Waals surface area contributed by atoms with Gasteiger partial charge in [0, 0.05) is 6.42 Å². The average Bonchev–Trinajstić information content (AvgIpc) is 1.85. The maximum Gasteiger partial charge on any atom is 0.0888 e. The van der Waals surface area contributed by atoms with Crippen molar-refractivity contribution in [3.63, 3.8) is 0 Å². The van der Waals surface area contributed by atoms with Crippen LogP contribution in [0.3, 0.4) is 0 Å². The van der Waals surface area contributed by atoms with Gasteiger partial charge in [-0.05, 0) is 17.9 Å². The number of aliphatic hydroxyl groups excluding tert-OH is 1. The minimum absolute atomic E-state index is 0.574. The first-order chi connectivity index (χ1) is 3.70. The smallest absolute Gasteiger partial charge is 0.0888 e. The molecule has 0 fully saturated rings. The molecule has 0 heterocycles. The van der Waals surface area contributed by atoms with Crippen LogP contribution in [0.15, 0.2) is 11.8 Å². The Bertz CT molecular complexity index is 116. The second kappa shape index (κ2) is 1.81. The molecule has 8 heavy (non-hydrogen) atoms. The zero-order chi connectivity index (χ0) is 6.15. The van der Waals surface area contributed by atoms with E-state index in [1.807, 2.05) is 6.08 Å². The van der Waals surface area contributed by atoms with Gasteiger partial charge in [0.05, 0.1) is 5.76 Å². The molecule has 2 unspecified atom stereocenters. The van der Waals surface area contributed by atoms with E-state index in [-0.39, 0.29) is 0 Å². The number of allylic oxidation sites excluding steroid dienone is 2. The molecule has 0 saturated heterocycles. The maximum absolute atomic E-state index is 8.93. The van der Waals surface area contributed by atoms with Crippen molar-refractivity contribution in [3.8, 4) is 0 Å². The fraction of sp³-hybridized carbons (Fsp3) is 0.714. The summed E-state index contributed by atoms with van der Waals surface area (Å²) >= 11 is 0. The van der Waals surface area contributed by atoms with Crippen LogP contribution in [0.2, 0.25) is 0 Å². The van der Waals surface area contributed by atoms with Gasteiger partial charge in [0.1, 0.15) is 0 Å². The highest BCUT2D eigenvalue weighted by Crippen LogP contribution is 2.27. The molecule has 2 atom stereocenters. The predicted octanol–water partition coefficient (Wildman–Crippen LogP) is 2.10. The van der Waals surface area contributed by atoms with Crippen LogP contribution in [-0.4, -0.2) is 5.11 Å². The summed E-state index contributed by atoms with van der Waals surface area (Å²) in [5.74, 6) is 1.80. The van der Waals surface area contributed by atoms with Gasteiger partial charge >= 0.3 is 0 Å². The minimum atomic E-state index is 0.574. The van der Waals surface area contributed by atoms with Gasteiger partial charge in [-0.25, -0.2) is 0 Å². The molecule has 1 nitrogen and oxygen atoms in total. The van der Waals surface area contributed by atoms with Crippen molar-refractivity contribution in [1.29, 1.82) is 0 Å². The highest BCUT2D eigenvalue weighted by molar-refractivity contribution is 5.04. The summed E-state index contributed by atoms with van der Waals surface area (Å²) in [7, 11) is 0. The van der Waals surface area contributed by atoms with Gasteiger partial charge in [0.2, 0.25) is 0 Å². The fourth-order valence-corrected chi connectivity index (χ4v) is 1.05. The Labute approximate surface area is 50.0 Å². The lowest BCUT2D eigenvalue weighted by atomic mass is 10.0. The molecule has 0 aliphatic heterocycles. The van der Waals surface area contributed by atoms with Crippen LogP contribution in [0.5, 0.6) is 0 Å². The molecule has 0 radical (unpaired) electrons. The van der Waals surface area contributed by atoms with Crippen LogP contribution in [-0.2, 0) is 0 Å². The van der Waals surface area contributed by atoms with Crippen molar-refractivity contribution in [2.24, 2.45) is 11.8 Å². The molecular formula is C7H12O. The van der Waals surface area contributed by atoms with Crippen molar-refractivity contribution in [3.05, 3.63) is 11.8 Å². The maximum atomic E-state index is 8.93. The molecule has 0 amide bonds. The second-order valence-corrected chi connectivity index (χ2v) is 2.70. The largest absolute Gasteiger partial charge is 0.513 e. The molecule has 1 aliphatic carbocycles. The Hall–Kier alpha value is -0.460. The SMILES string of the molecule is CC1C=C(O)CC1C. The van der Waals surface area contributed by atoms with E-state index in [0.29, 0.717) is 17.6 Å². The molecular weight excluding hydrogens is 100 g/mol. The van der Waals surface area contributed by atoms with Gasteiger partial charge in [-0.3, -0.25) is 0 Å². The topological polar surface area (TPSA) is 20.2 Å². The molecule has 0 aromatic carbocycles. The Morgan fingerprint density at radius 3 is 2.38 bits per heavy atom. The lowest BCUT2D eigenvalue weighted by Gasteiger charge is -2.04. The first-order valence-electron chi connectivity index (χ1n) is 3.10. The molecule has 0 aromatic rings. The average molecular weight is 112 g/mol. The van der Waals surface area contributed by atoms with Gasteiger partial charge < -0.3 is 5.11 Å². The van der Waals surface area contributed by atoms with Crippen molar-refractivity contribution in [1.82, 2.24) is 0 Å². The van der Waals surface area contributed by atoms with Crippen LogP contribution in [0.4, 0.5) is 0 Å². The summed E-state index contributed by atoms with van der Waals surface area (Å²) in [6.07, 6.45) is 2.81. The minimum Gasteiger partial charge on any atom is -0.513 e. The van der Waals surface area contributed by atoms with Crippen molar-refractivity contribution in [2.45, 2.75) is 20.3 Å². The van der Waals surface area contributed by atoms with E-state index in [9.17, 15) is 0 Å². The van der Waals surface area contributed by atoms with Gasteiger partial charge in [0.25, 0.3) is 0 Å². The van der Waals surface area contributed by atoms with Gasteiger partial charge in [0.15, 0.2) is 0 Å². The summed E-state index contributed by atoms with van der Waals surface area (Å²) < 4.78 is 0. The standard InChI is InChI=1S/C7H12O/c1-5-3-7(8)4-6(5)2/h3,5-6,8H,4H2,1-2H3. The van der Waals surface area contributed by atoms with Crippen LogP contribution in [0.1, 0.15) is 20.3 Å². The van der Waals surface area contributed by atoms with Crippen LogP contribution in [0, 0.1) is 11.8 Å². The Kier molecular flexibility index (Phi) is 1.28. The molecule has 0 saturated carbocycles. The third-order valence-corrected chi connectivity index (χ3v) is 1.88. The Balaban J connectivity index is 2.56. The number of aliphatic hydroxyl groups is 1. The normalized spacial score (nSPS) is 37.5. The van der Waals surface area contributed by atoms with Gasteiger partial charge in [-0.1, -0.05) is 13.8 Å². The van der Waals surface area contributed by atoms with Crippen LogP contribution >= 0.6 is 0 Å². The molecule has 46 valence electrons. The zero-order valence-electron chi connectivity index (χ0n) is 5.39. The number of rotatable bonds is 0. The monoisotopic (exact) mass is 112 g/mol. The summed E-state index contributed by atoms with van der Waals surface area (Å²) in [5.41, 5.74) is 0. The first-order valence-corrected chi connectivity index (χ1v) is 3.10. The van der Waals surface area contributed by atoms with Crippen LogP contribution < -0.4 is 0 Å². The van der Waals surface area contributed by atoms with Gasteiger partial charge in [-0.2, -0.15) is 0 Å². The summed E-state index contributed by atoms with van der Waals surface area (Å²) in [6.45, 7) is 4.29. The van der Waals surface area contributed by atoms with E-state index in [4.69, 9.17) is 5.11 Å². The molecule has 0 bridgehead atoms. The summed E-state index contributed by atoms with van der Waals surface area (Å²) in [5, 5.41) is 8.93. The van der Waals surface area contributed by atoms with Crippen molar-refractivity contribution >= 4 is 0 Å². The van der Waals surface area contributed by atoms with E-state index in [1.54, 1.807) is 0 Å². The van der Waals surface area contributed by atoms with E-state index < -0.39 is 0 Å². The highest BCUT2D eigenvalue weighted by atomic mass is 16.3. The second-order valence-electron chi connectivity index (χ2n) is 2.70. The summed E-state index contributed by atoms with van der Waals surface area (Å²) in [4.78, 5) is 0. The Morgan fingerprint density at radius 1 is 1.62 bits per heavy atom. The lowest BCUT2D eigenvalue weighted by molar-refractivity contribution is 0.373. The van der Waals surface area contributed by atoms with E-state index >= 15 is 0 Å². The Morgan fingerprint density at radius 2 is 2.25 bits per heavy atom. The first kappa shape index (κ1) is 5.67. The molecule has 0 aromatic heterocycles. The van der Waals surface area contributed by atoms with Crippen molar-refractivity contribution in [2.75, 3.05) is 0 Å².